The van der Waals surface area contributed by atoms with Crippen LogP contribution in [0.15, 0.2) is 35.4 Å². The van der Waals surface area contributed by atoms with Gasteiger partial charge in [0.1, 0.15) is 5.71 Å². The van der Waals surface area contributed by atoms with Crippen molar-refractivity contribution in [2.45, 2.75) is 19.4 Å². The SMILES string of the molecule is CS(=O)(=O)Nc1nnc(NC(=O)C2=NN(Cc3ccccc3)C(=O)CC2)s1. The molecule has 0 unspecified atom stereocenters. The maximum Gasteiger partial charge on any atom is 0.273 e. The van der Waals surface area contributed by atoms with Crippen molar-refractivity contribution in [3.63, 3.8) is 0 Å². The second kappa shape index (κ2) is 7.80. The van der Waals surface area contributed by atoms with Crippen LogP contribution in [-0.4, -0.2) is 47.4 Å². The van der Waals surface area contributed by atoms with Crippen LogP contribution in [0.3, 0.4) is 0 Å². The number of hydrazone groups is 1. The van der Waals surface area contributed by atoms with Crippen molar-refractivity contribution in [2.75, 3.05) is 16.3 Å². The summed E-state index contributed by atoms with van der Waals surface area (Å²) >= 11 is 0.876. The number of sulfonamides is 1. The van der Waals surface area contributed by atoms with Crippen LogP contribution >= 0.6 is 11.3 Å². The van der Waals surface area contributed by atoms with E-state index < -0.39 is 15.9 Å². The summed E-state index contributed by atoms with van der Waals surface area (Å²) in [5.74, 6) is -0.673. The summed E-state index contributed by atoms with van der Waals surface area (Å²) in [6.07, 6.45) is 1.38. The fourth-order valence-corrected chi connectivity index (χ4v) is 3.76. The number of hydrogen-bond donors (Lipinski definition) is 2. The molecule has 12 heteroatoms. The minimum Gasteiger partial charge on any atom is -0.295 e. The first-order valence-electron chi connectivity index (χ1n) is 7.84. The first-order chi connectivity index (χ1) is 12.8. The molecule has 0 radical (unpaired) electrons. The second-order valence-corrected chi connectivity index (χ2v) is 8.45. The molecular weight excluding hydrogens is 392 g/mol. The van der Waals surface area contributed by atoms with Gasteiger partial charge in [0.25, 0.3) is 5.91 Å². The first-order valence-corrected chi connectivity index (χ1v) is 10.6. The van der Waals surface area contributed by atoms with Crippen LogP contribution in [-0.2, 0) is 26.2 Å². The number of aromatic nitrogens is 2. The zero-order valence-electron chi connectivity index (χ0n) is 14.2. The van der Waals surface area contributed by atoms with Crippen molar-refractivity contribution in [1.82, 2.24) is 15.2 Å². The third kappa shape index (κ3) is 5.31. The summed E-state index contributed by atoms with van der Waals surface area (Å²) in [4.78, 5) is 24.5. The zero-order chi connectivity index (χ0) is 19.4. The number of nitrogens with one attached hydrogen (secondary N) is 2. The second-order valence-electron chi connectivity index (χ2n) is 5.72. The summed E-state index contributed by atoms with van der Waals surface area (Å²) in [6, 6.07) is 9.33. The molecule has 3 rings (SSSR count). The Labute approximate surface area is 159 Å². The molecule has 10 nitrogen and oxygen atoms in total. The van der Waals surface area contributed by atoms with Crippen LogP contribution in [0.1, 0.15) is 18.4 Å². The molecule has 0 saturated heterocycles. The topological polar surface area (TPSA) is 134 Å². The minimum absolute atomic E-state index is 0.0410. The van der Waals surface area contributed by atoms with Gasteiger partial charge in [-0.15, -0.1) is 10.2 Å². The summed E-state index contributed by atoms with van der Waals surface area (Å²) < 4.78 is 24.5. The van der Waals surface area contributed by atoms with Gasteiger partial charge in [-0.3, -0.25) is 19.6 Å². The highest BCUT2D eigenvalue weighted by molar-refractivity contribution is 7.92. The molecule has 1 aromatic carbocycles. The molecule has 0 bridgehead atoms. The van der Waals surface area contributed by atoms with E-state index in [0.29, 0.717) is 0 Å². The fourth-order valence-electron chi connectivity index (χ4n) is 2.29. The van der Waals surface area contributed by atoms with Crippen LogP contribution in [0.2, 0.25) is 0 Å². The van der Waals surface area contributed by atoms with Crippen LogP contribution in [0.4, 0.5) is 10.3 Å². The largest absolute Gasteiger partial charge is 0.295 e. The van der Waals surface area contributed by atoms with Crippen LogP contribution < -0.4 is 10.0 Å². The van der Waals surface area contributed by atoms with Gasteiger partial charge < -0.3 is 0 Å². The van der Waals surface area contributed by atoms with Gasteiger partial charge in [0.2, 0.25) is 26.2 Å². The van der Waals surface area contributed by atoms with Gasteiger partial charge in [0.05, 0.1) is 12.8 Å². The Morgan fingerprint density at radius 3 is 2.59 bits per heavy atom. The third-order valence-electron chi connectivity index (χ3n) is 3.46. The molecule has 2 amide bonds. The Hall–Kier alpha value is -2.86. The van der Waals surface area contributed by atoms with Gasteiger partial charge in [-0.1, -0.05) is 41.7 Å². The van der Waals surface area contributed by atoms with Crippen molar-refractivity contribution in [3.05, 3.63) is 35.9 Å². The average molecular weight is 408 g/mol. The maximum atomic E-state index is 12.4. The van der Waals surface area contributed by atoms with Gasteiger partial charge in [-0.25, -0.2) is 13.4 Å². The van der Waals surface area contributed by atoms with Crippen molar-refractivity contribution < 1.29 is 18.0 Å². The van der Waals surface area contributed by atoms with E-state index in [4.69, 9.17) is 0 Å². The van der Waals surface area contributed by atoms with Crippen molar-refractivity contribution in [3.8, 4) is 0 Å². The van der Waals surface area contributed by atoms with E-state index in [2.05, 4.69) is 25.3 Å². The van der Waals surface area contributed by atoms with E-state index in [1.165, 1.54) is 5.01 Å². The lowest BCUT2D eigenvalue weighted by Gasteiger charge is -2.23. The summed E-state index contributed by atoms with van der Waals surface area (Å²) in [5.41, 5.74) is 1.09. The van der Waals surface area contributed by atoms with E-state index in [1.54, 1.807) is 0 Å². The maximum absolute atomic E-state index is 12.4. The van der Waals surface area contributed by atoms with Gasteiger partial charge in [-0.05, 0) is 5.56 Å². The molecular formula is C15H16N6O4S2. The molecule has 1 aromatic heterocycles. The Morgan fingerprint density at radius 1 is 1.19 bits per heavy atom. The highest BCUT2D eigenvalue weighted by Gasteiger charge is 2.25. The number of carbonyl (C=O) groups is 2. The summed E-state index contributed by atoms with van der Waals surface area (Å²) in [7, 11) is -3.48. The minimum atomic E-state index is -3.48. The van der Waals surface area contributed by atoms with Crippen molar-refractivity contribution in [1.29, 1.82) is 0 Å². The Balaban J connectivity index is 1.68. The smallest absolute Gasteiger partial charge is 0.273 e. The monoisotopic (exact) mass is 408 g/mol. The van der Waals surface area contributed by atoms with Gasteiger partial charge in [0, 0.05) is 12.8 Å². The first kappa shape index (κ1) is 18.9. The Bertz CT molecular complexity index is 987. The summed E-state index contributed by atoms with van der Waals surface area (Å²) in [5, 5.41) is 15.5. The van der Waals surface area contributed by atoms with Gasteiger partial charge in [-0.2, -0.15) is 5.10 Å². The lowest BCUT2D eigenvalue weighted by Crippen LogP contribution is -2.36. The number of carbonyl (C=O) groups excluding carboxylic acids is 2. The number of amides is 2. The van der Waals surface area contributed by atoms with Crippen molar-refractivity contribution in [2.24, 2.45) is 5.10 Å². The molecule has 2 heterocycles. The number of hydrogen-bond acceptors (Lipinski definition) is 8. The number of benzene rings is 1. The van der Waals surface area contributed by atoms with E-state index in [-0.39, 0.29) is 41.3 Å². The molecule has 142 valence electrons. The molecule has 1 aliphatic heterocycles. The molecule has 2 aromatic rings. The van der Waals surface area contributed by atoms with Crippen molar-refractivity contribution >= 4 is 49.1 Å². The van der Waals surface area contributed by atoms with Gasteiger partial charge in [0.15, 0.2) is 0 Å². The molecule has 0 aliphatic carbocycles. The van der Waals surface area contributed by atoms with Crippen LogP contribution in [0.5, 0.6) is 0 Å². The molecule has 2 N–H and O–H groups in total. The molecule has 1 aliphatic rings. The quantitative estimate of drug-likeness (QED) is 0.733. The van der Waals surface area contributed by atoms with Crippen LogP contribution in [0, 0.1) is 0 Å². The predicted octanol–water partition coefficient (Wildman–Crippen LogP) is 1.03. The van der Waals surface area contributed by atoms with E-state index in [0.717, 1.165) is 23.2 Å². The van der Waals surface area contributed by atoms with E-state index >= 15 is 0 Å². The molecule has 27 heavy (non-hydrogen) atoms. The van der Waals surface area contributed by atoms with E-state index in [1.807, 2.05) is 30.3 Å². The van der Waals surface area contributed by atoms with Crippen LogP contribution in [0.25, 0.3) is 0 Å². The molecule has 0 saturated carbocycles. The zero-order valence-corrected chi connectivity index (χ0v) is 15.9. The lowest BCUT2D eigenvalue weighted by atomic mass is 10.1. The lowest BCUT2D eigenvalue weighted by molar-refractivity contribution is -0.132. The highest BCUT2D eigenvalue weighted by atomic mass is 32.2. The third-order valence-corrected chi connectivity index (χ3v) is 4.91. The van der Waals surface area contributed by atoms with Gasteiger partial charge >= 0.3 is 0 Å². The standard InChI is InChI=1S/C15H16N6O4S2/c1-27(24,25)20-15-18-17-14(26-15)16-13(23)11-7-8-12(22)21(19-11)9-10-5-3-2-4-6-10/h2-6H,7-9H2,1H3,(H,18,20)(H,16,17,23). The molecule has 0 spiro atoms. The summed E-state index contributed by atoms with van der Waals surface area (Å²) in [6.45, 7) is 0.275. The predicted molar refractivity (Wildman–Crippen MR) is 101 cm³/mol. The highest BCUT2D eigenvalue weighted by Crippen LogP contribution is 2.21. The number of nitrogens with zero attached hydrogens (tertiary/aromatic N) is 4. The Kier molecular flexibility index (Phi) is 5.46. The Morgan fingerprint density at radius 2 is 1.89 bits per heavy atom. The molecule has 0 atom stereocenters. The normalized spacial score (nSPS) is 14.6. The molecule has 0 fully saturated rings. The number of anilines is 2. The fraction of sp³-hybridized carbons (Fsp3) is 0.267. The number of rotatable bonds is 6. The van der Waals surface area contributed by atoms with E-state index in [9.17, 15) is 18.0 Å². The average Bonchev–Trinajstić information content (AvgIpc) is 3.02.